The minimum atomic E-state index is -0.421. The molecule has 4 unspecified atom stereocenters. The molecule has 4 heteroatoms. The van der Waals surface area contributed by atoms with Gasteiger partial charge in [0.15, 0.2) is 6.10 Å². The largest absolute Gasteiger partial charge is 0.479 e. The van der Waals surface area contributed by atoms with Crippen LogP contribution in [0.1, 0.15) is 40.0 Å². The molecule has 0 aromatic heterocycles. The predicted molar refractivity (Wildman–Crippen MR) is 84.8 cm³/mol. The van der Waals surface area contributed by atoms with Gasteiger partial charge in [-0.15, -0.1) is 0 Å². The van der Waals surface area contributed by atoms with Gasteiger partial charge in [0.25, 0.3) is 5.91 Å². The SMILES string of the molecule is CC1Oc2ccc(NC3CCCC(C)C3C)cc2NC1=O. The number of benzene rings is 1. The Morgan fingerprint density at radius 1 is 1.24 bits per heavy atom. The van der Waals surface area contributed by atoms with Crippen molar-refractivity contribution >= 4 is 17.3 Å². The normalized spacial score (nSPS) is 31.9. The van der Waals surface area contributed by atoms with E-state index in [0.717, 1.165) is 23.0 Å². The Bertz CT molecular complexity index is 544. The summed E-state index contributed by atoms with van der Waals surface area (Å²) < 4.78 is 5.59. The summed E-state index contributed by atoms with van der Waals surface area (Å²) in [4.78, 5) is 11.7. The van der Waals surface area contributed by atoms with Crippen LogP contribution in [0.25, 0.3) is 0 Å². The summed E-state index contributed by atoms with van der Waals surface area (Å²) in [6, 6.07) is 6.45. The summed E-state index contributed by atoms with van der Waals surface area (Å²) in [7, 11) is 0. The molecule has 4 atom stereocenters. The molecule has 1 amide bonds. The molecule has 3 rings (SSSR count). The van der Waals surface area contributed by atoms with Crippen LogP contribution in [0.4, 0.5) is 11.4 Å². The number of nitrogens with one attached hydrogen (secondary N) is 2. The smallest absolute Gasteiger partial charge is 0.265 e. The molecule has 114 valence electrons. The summed E-state index contributed by atoms with van der Waals surface area (Å²) in [5, 5.41) is 6.53. The maximum absolute atomic E-state index is 11.7. The van der Waals surface area contributed by atoms with Crippen LogP contribution in [0.2, 0.25) is 0 Å². The van der Waals surface area contributed by atoms with Crippen LogP contribution in [0.3, 0.4) is 0 Å². The second kappa shape index (κ2) is 5.58. The number of ether oxygens (including phenoxy) is 1. The number of hydrogen-bond donors (Lipinski definition) is 2. The van der Waals surface area contributed by atoms with Gasteiger partial charge < -0.3 is 15.4 Å². The number of anilines is 2. The third-order valence-corrected chi connectivity index (χ3v) is 4.97. The first kappa shape index (κ1) is 14.2. The fraction of sp³-hybridized carbons (Fsp3) is 0.588. The van der Waals surface area contributed by atoms with E-state index in [0.29, 0.717) is 12.0 Å². The van der Waals surface area contributed by atoms with Gasteiger partial charge in [-0.05, 0) is 43.4 Å². The summed E-state index contributed by atoms with van der Waals surface area (Å²) in [5.74, 6) is 2.09. The lowest BCUT2D eigenvalue weighted by molar-refractivity contribution is -0.122. The molecule has 2 aliphatic rings. The molecule has 1 heterocycles. The number of amides is 1. The van der Waals surface area contributed by atoms with E-state index in [4.69, 9.17) is 4.74 Å². The standard InChI is InChI=1S/C17H24N2O2/c1-10-5-4-6-14(11(10)2)18-13-7-8-16-15(9-13)19-17(20)12(3)21-16/h7-12,14,18H,4-6H2,1-3H3,(H,19,20). The van der Waals surface area contributed by atoms with Crippen molar-refractivity contribution < 1.29 is 9.53 Å². The third kappa shape index (κ3) is 2.85. The molecule has 1 aliphatic heterocycles. The molecule has 1 fully saturated rings. The van der Waals surface area contributed by atoms with Crippen molar-refractivity contribution in [2.45, 2.75) is 52.2 Å². The molecule has 1 aromatic carbocycles. The number of carbonyl (C=O) groups excluding carboxylic acids is 1. The number of rotatable bonds is 2. The maximum atomic E-state index is 11.7. The van der Waals surface area contributed by atoms with Crippen molar-refractivity contribution in [3.8, 4) is 5.75 Å². The molecule has 4 nitrogen and oxygen atoms in total. The quantitative estimate of drug-likeness (QED) is 0.873. The lowest BCUT2D eigenvalue weighted by Crippen LogP contribution is -2.36. The Morgan fingerprint density at radius 2 is 2.05 bits per heavy atom. The molecule has 0 radical (unpaired) electrons. The Morgan fingerprint density at radius 3 is 2.86 bits per heavy atom. The van der Waals surface area contributed by atoms with Crippen molar-refractivity contribution in [1.82, 2.24) is 0 Å². The van der Waals surface area contributed by atoms with E-state index in [9.17, 15) is 4.79 Å². The highest BCUT2D eigenvalue weighted by molar-refractivity contribution is 5.98. The zero-order valence-corrected chi connectivity index (χ0v) is 13.0. The first-order valence-electron chi connectivity index (χ1n) is 7.92. The molecule has 1 saturated carbocycles. The van der Waals surface area contributed by atoms with Crippen molar-refractivity contribution in [1.29, 1.82) is 0 Å². The van der Waals surface area contributed by atoms with Crippen molar-refractivity contribution in [3.63, 3.8) is 0 Å². The van der Waals surface area contributed by atoms with Crippen LogP contribution in [0.5, 0.6) is 5.75 Å². The Hall–Kier alpha value is -1.71. The summed E-state index contributed by atoms with van der Waals surface area (Å²) in [6.07, 6.45) is 3.40. The number of hydrogen-bond acceptors (Lipinski definition) is 3. The molecule has 21 heavy (non-hydrogen) atoms. The van der Waals surface area contributed by atoms with Gasteiger partial charge in [-0.1, -0.05) is 26.7 Å². The Kier molecular flexibility index (Phi) is 3.79. The van der Waals surface area contributed by atoms with Gasteiger partial charge in [-0.3, -0.25) is 4.79 Å². The maximum Gasteiger partial charge on any atom is 0.265 e. The van der Waals surface area contributed by atoms with Crippen molar-refractivity contribution in [2.75, 3.05) is 10.6 Å². The minimum absolute atomic E-state index is 0.0840. The van der Waals surface area contributed by atoms with E-state index < -0.39 is 6.10 Å². The predicted octanol–water partition coefficient (Wildman–Crippen LogP) is 3.64. The second-order valence-electron chi connectivity index (χ2n) is 6.48. The first-order valence-corrected chi connectivity index (χ1v) is 7.92. The molecule has 1 aliphatic carbocycles. The molecule has 0 spiro atoms. The topological polar surface area (TPSA) is 50.4 Å². The van der Waals surface area contributed by atoms with Crippen LogP contribution in [-0.2, 0) is 4.79 Å². The van der Waals surface area contributed by atoms with E-state index in [1.54, 1.807) is 6.92 Å². The zero-order valence-electron chi connectivity index (χ0n) is 13.0. The lowest BCUT2D eigenvalue weighted by atomic mass is 9.78. The highest BCUT2D eigenvalue weighted by atomic mass is 16.5. The monoisotopic (exact) mass is 288 g/mol. The average molecular weight is 288 g/mol. The number of fused-ring (bicyclic) bond motifs is 1. The Labute approximate surface area is 126 Å². The Balaban J connectivity index is 1.75. The molecule has 2 N–H and O–H groups in total. The lowest BCUT2D eigenvalue weighted by Gasteiger charge is -2.35. The highest BCUT2D eigenvalue weighted by Gasteiger charge is 2.28. The van der Waals surface area contributed by atoms with Gasteiger partial charge in [0, 0.05) is 11.7 Å². The molecule has 0 bridgehead atoms. The van der Waals surface area contributed by atoms with E-state index in [1.165, 1.54) is 19.3 Å². The van der Waals surface area contributed by atoms with Gasteiger partial charge in [0.05, 0.1) is 5.69 Å². The number of carbonyl (C=O) groups is 1. The molecule has 1 aromatic rings. The van der Waals surface area contributed by atoms with Gasteiger partial charge >= 0.3 is 0 Å². The van der Waals surface area contributed by atoms with Gasteiger partial charge in [-0.25, -0.2) is 0 Å². The van der Waals surface area contributed by atoms with E-state index in [-0.39, 0.29) is 5.91 Å². The minimum Gasteiger partial charge on any atom is -0.479 e. The van der Waals surface area contributed by atoms with E-state index >= 15 is 0 Å². The van der Waals surface area contributed by atoms with Crippen LogP contribution < -0.4 is 15.4 Å². The second-order valence-corrected chi connectivity index (χ2v) is 6.48. The fourth-order valence-corrected chi connectivity index (χ4v) is 3.30. The fourth-order valence-electron chi connectivity index (χ4n) is 3.30. The van der Waals surface area contributed by atoms with Gasteiger partial charge in [-0.2, -0.15) is 0 Å². The van der Waals surface area contributed by atoms with Gasteiger partial charge in [0.1, 0.15) is 5.75 Å². The van der Waals surface area contributed by atoms with Crippen molar-refractivity contribution in [3.05, 3.63) is 18.2 Å². The molecular weight excluding hydrogens is 264 g/mol. The first-order chi connectivity index (χ1) is 10.0. The third-order valence-electron chi connectivity index (χ3n) is 4.97. The van der Waals surface area contributed by atoms with E-state index in [1.807, 2.05) is 18.2 Å². The van der Waals surface area contributed by atoms with Crippen LogP contribution in [0, 0.1) is 11.8 Å². The molecule has 0 saturated heterocycles. The van der Waals surface area contributed by atoms with E-state index in [2.05, 4.69) is 24.5 Å². The summed E-state index contributed by atoms with van der Waals surface area (Å²) >= 11 is 0. The van der Waals surface area contributed by atoms with Crippen molar-refractivity contribution in [2.24, 2.45) is 11.8 Å². The highest BCUT2D eigenvalue weighted by Crippen LogP contribution is 2.35. The average Bonchev–Trinajstić information content (AvgIpc) is 2.45. The van der Waals surface area contributed by atoms with Gasteiger partial charge in [0.2, 0.25) is 0 Å². The summed E-state index contributed by atoms with van der Waals surface area (Å²) in [6.45, 7) is 6.42. The zero-order chi connectivity index (χ0) is 15.0. The summed E-state index contributed by atoms with van der Waals surface area (Å²) in [5.41, 5.74) is 1.82. The van der Waals surface area contributed by atoms with Crippen LogP contribution >= 0.6 is 0 Å². The van der Waals surface area contributed by atoms with Crippen LogP contribution in [-0.4, -0.2) is 18.1 Å². The van der Waals surface area contributed by atoms with Crippen LogP contribution in [0.15, 0.2) is 18.2 Å². The molecular formula is C17H24N2O2.